The molecule has 0 atom stereocenters. The maximum absolute atomic E-state index is 5.34. The minimum absolute atomic E-state index is 0.212. The molecule has 0 aliphatic rings. The predicted octanol–water partition coefficient (Wildman–Crippen LogP) is 0.877. The van der Waals surface area contributed by atoms with Crippen LogP contribution in [-0.2, 0) is 0 Å². The van der Waals surface area contributed by atoms with E-state index in [1.54, 1.807) is 6.20 Å². The Morgan fingerprint density at radius 2 is 2.36 bits per heavy atom. The molecular formula is C7H10N4. The first-order valence-corrected chi connectivity index (χ1v) is 3.32. The Labute approximate surface area is 65.2 Å². The van der Waals surface area contributed by atoms with E-state index >= 15 is 0 Å². The van der Waals surface area contributed by atoms with Crippen molar-refractivity contribution in [3.8, 4) is 0 Å². The molecule has 0 saturated heterocycles. The van der Waals surface area contributed by atoms with Crippen molar-refractivity contribution >= 4 is 11.5 Å². The quantitative estimate of drug-likeness (QED) is 0.645. The summed E-state index contributed by atoms with van der Waals surface area (Å²) in [5, 5.41) is 7.22. The zero-order valence-corrected chi connectivity index (χ0v) is 6.57. The lowest BCUT2D eigenvalue weighted by molar-refractivity contribution is 0.973. The number of hydrogen-bond acceptors (Lipinski definition) is 4. The third-order valence-corrected chi connectivity index (χ3v) is 1.41. The molecule has 1 aromatic heterocycles. The maximum atomic E-state index is 5.34. The first-order chi connectivity index (χ1) is 5.24. The number of allylic oxidation sites excluding steroid dienone is 2. The lowest BCUT2D eigenvalue weighted by Gasteiger charge is -1.97. The highest BCUT2D eigenvalue weighted by Crippen LogP contribution is 2.08. The molecule has 0 bridgehead atoms. The average molecular weight is 150 g/mol. The molecule has 0 fully saturated rings. The lowest BCUT2D eigenvalue weighted by Crippen LogP contribution is -1.99. The van der Waals surface area contributed by atoms with Crippen LogP contribution in [0.15, 0.2) is 12.3 Å². The maximum Gasteiger partial charge on any atom is 0.240 e. The van der Waals surface area contributed by atoms with Gasteiger partial charge in [0.15, 0.2) is 0 Å². The molecule has 0 unspecified atom stereocenters. The van der Waals surface area contributed by atoms with Gasteiger partial charge in [0.05, 0.1) is 11.9 Å². The zero-order chi connectivity index (χ0) is 8.27. The molecule has 1 heterocycles. The Bertz CT molecular complexity index is 280. The van der Waals surface area contributed by atoms with Crippen molar-refractivity contribution in [3.05, 3.63) is 18.0 Å². The third-order valence-electron chi connectivity index (χ3n) is 1.41. The van der Waals surface area contributed by atoms with Gasteiger partial charge >= 0.3 is 0 Å². The van der Waals surface area contributed by atoms with Crippen molar-refractivity contribution in [2.45, 2.75) is 13.8 Å². The Morgan fingerprint density at radius 1 is 1.64 bits per heavy atom. The van der Waals surface area contributed by atoms with Crippen LogP contribution in [0, 0.1) is 0 Å². The number of nitrogens with two attached hydrogens (primary N) is 1. The van der Waals surface area contributed by atoms with Crippen molar-refractivity contribution in [3.63, 3.8) is 0 Å². The first kappa shape index (κ1) is 7.65. The zero-order valence-electron chi connectivity index (χ0n) is 6.57. The molecule has 2 N–H and O–H groups in total. The summed E-state index contributed by atoms with van der Waals surface area (Å²) in [6.45, 7) is 3.89. The SMILES string of the molecule is C/C=C(\C)c1cnnc(N)n1. The van der Waals surface area contributed by atoms with Crippen molar-refractivity contribution in [2.75, 3.05) is 5.73 Å². The lowest BCUT2D eigenvalue weighted by atomic mass is 10.2. The fourth-order valence-electron chi connectivity index (χ4n) is 0.655. The molecule has 4 nitrogen and oxygen atoms in total. The number of nitrogen functional groups attached to an aromatic ring is 1. The number of anilines is 1. The fraction of sp³-hybridized carbons (Fsp3) is 0.286. The van der Waals surface area contributed by atoms with E-state index in [-0.39, 0.29) is 5.95 Å². The predicted molar refractivity (Wildman–Crippen MR) is 43.6 cm³/mol. The standard InChI is InChI=1S/C7H10N4/c1-3-5(2)6-4-9-11-7(8)10-6/h3-4H,1-2H3,(H2,8,10,11)/b5-3+. The summed E-state index contributed by atoms with van der Waals surface area (Å²) >= 11 is 0. The van der Waals surface area contributed by atoms with E-state index in [9.17, 15) is 0 Å². The summed E-state index contributed by atoms with van der Waals surface area (Å²) in [6, 6.07) is 0. The van der Waals surface area contributed by atoms with E-state index in [1.807, 2.05) is 19.9 Å². The number of nitrogens with zero attached hydrogens (tertiary/aromatic N) is 3. The van der Waals surface area contributed by atoms with Gasteiger partial charge in [-0.25, -0.2) is 4.98 Å². The van der Waals surface area contributed by atoms with Crippen molar-refractivity contribution in [1.82, 2.24) is 15.2 Å². The fourth-order valence-corrected chi connectivity index (χ4v) is 0.655. The second-order valence-corrected chi connectivity index (χ2v) is 2.17. The van der Waals surface area contributed by atoms with E-state index in [0.29, 0.717) is 0 Å². The molecule has 1 rings (SSSR count). The summed E-state index contributed by atoms with van der Waals surface area (Å²) in [5.41, 5.74) is 7.16. The minimum Gasteiger partial charge on any atom is -0.366 e. The molecule has 0 amide bonds. The van der Waals surface area contributed by atoms with Gasteiger partial charge in [-0.1, -0.05) is 6.08 Å². The van der Waals surface area contributed by atoms with Gasteiger partial charge in [0.2, 0.25) is 5.95 Å². The molecular weight excluding hydrogens is 140 g/mol. The molecule has 11 heavy (non-hydrogen) atoms. The van der Waals surface area contributed by atoms with Gasteiger partial charge in [0.25, 0.3) is 0 Å². The highest BCUT2D eigenvalue weighted by Gasteiger charge is 1.96. The van der Waals surface area contributed by atoms with Gasteiger partial charge in [-0.2, -0.15) is 5.10 Å². The second-order valence-electron chi connectivity index (χ2n) is 2.17. The van der Waals surface area contributed by atoms with Crippen LogP contribution in [0.4, 0.5) is 5.95 Å². The summed E-state index contributed by atoms with van der Waals surface area (Å²) < 4.78 is 0. The van der Waals surface area contributed by atoms with E-state index < -0.39 is 0 Å². The number of hydrogen-bond donors (Lipinski definition) is 1. The van der Waals surface area contributed by atoms with E-state index in [2.05, 4.69) is 15.2 Å². The molecule has 58 valence electrons. The smallest absolute Gasteiger partial charge is 0.240 e. The molecule has 0 aliphatic carbocycles. The van der Waals surface area contributed by atoms with Crippen molar-refractivity contribution in [1.29, 1.82) is 0 Å². The minimum atomic E-state index is 0.212. The van der Waals surface area contributed by atoms with E-state index in [1.165, 1.54) is 0 Å². The summed E-state index contributed by atoms with van der Waals surface area (Å²) in [4.78, 5) is 3.98. The van der Waals surface area contributed by atoms with Crippen LogP contribution < -0.4 is 5.73 Å². The largest absolute Gasteiger partial charge is 0.366 e. The van der Waals surface area contributed by atoms with Crippen LogP contribution in [0.25, 0.3) is 5.57 Å². The summed E-state index contributed by atoms with van der Waals surface area (Å²) in [7, 11) is 0. The molecule has 0 spiro atoms. The molecule has 0 radical (unpaired) electrons. The Kier molecular flexibility index (Phi) is 2.15. The molecule has 0 aromatic carbocycles. The van der Waals surface area contributed by atoms with E-state index in [4.69, 9.17) is 5.73 Å². The van der Waals surface area contributed by atoms with Crippen LogP contribution >= 0.6 is 0 Å². The van der Waals surface area contributed by atoms with Crippen molar-refractivity contribution in [2.24, 2.45) is 0 Å². The van der Waals surface area contributed by atoms with Gasteiger partial charge in [-0.3, -0.25) is 0 Å². The summed E-state index contributed by atoms with van der Waals surface area (Å²) in [5.74, 6) is 0.212. The normalized spacial score (nSPS) is 11.6. The Morgan fingerprint density at radius 3 is 2.91 bits per heavy atom. The highest BCUT2D eigenvalue weighted by molar-refractivity contribution is 5.59. The highest BCUT2D eigenvalue weighted by atomic mass is 15.2. The van der Waals surface area contributed by atoms with Crippen LogP contribution in [0.2, 0.25) is 0 Å². The second kappa shape index (κ2) is 3.09. The van der Waals surface area contributed by atoms with Crippen molar-refractivity contribution < 1.29 is 0 Å². The van der Waals surface area contributed by atoms with Crippen LogP contribution in [-0.4, -0.2) is 15.2 Å². The Balaban J connectivity index is 3.06. The van der Waals surface area contributed by atoms with Gasteiger partial charge in [-0.05, 0) is 19.4 Å². The van der Waals surface area contributed by atoms with Crippen LogP contribution in [0.5, 0.6) is 0 Å². The number of rotatable bonds is 1. The van der Waals surface area contributed by atoms with Gasteiger partial charge in [0.1, 0.15) is 0 Å². The monoisotopic (exact) mass is 150 g/mol. The molecule has 0 saturated carbocycles. The van der Waals surface area contributed by atoms with Gasteiger partial charge in [-0.15, -0.1) is 5.10 Å². The molecule has 4 heteroatoms. The van der Waals surface area contributed by atoms with Crippen LogP contribution in [0.3, 0.4) is 0 Å². The first-order valence-electron chi connectivity index (χ1n) is 3.32. The molecule has 1 aromatic rings. The topological polar surface area (TPSA) is 64.7 Å². The Hall–Kier alpha value is -1.45. The molecule has 0 aliphatic heterocycles. The van der Waals surface area contributed by atoms with Crippen LogP contribution in [0.1, 0.15) is 19.5 Å². The van der Waals surface area contributed by atoms with E-state index in [0.717, 1.165) is 11.3 Å². The number of aromatic nitrogens is 3. The summed E-state index contributed by atoms with van der Waals surface area (Å²) in [6.07, 6.45) is 3.54. The average Bonchev–Trinajstić information content (AvgIpc) is 2.03. The van der Waals surface area contributed by atoms with Gasteiger partial charge in [0, 0.05) is 0 Å². The van der Waals surface area contributed by atoms with Gasteiger partial charge < -0.3 is 5.73 Å². The third kappa shape index (κ3) is 1.73.